The Balaban J connectivity index is 3.01. The van der Waals surface area contributed by atoms with Gasteiger partial charge in [-0.2, -0.15) is 0 Å². The van der Waals surface area contributed by atoms with Gasteiger partial charge in [0.15, 0.2) is 0 Å². The molecule has 0 spiro atoms. The molecular formula is C9H12FNO2. The summed E-state index contributed by atoms with van der Waals surface area (Å²) in [4.78, 5) is 0. The molecule has 3 nitrogen and oxygen atoms in total. The van der Waals surface area contributed by atoms with Crippen molar-refractivity contribution in [3.8, 4) is 5.75 Å². The molecule has 0 fully saturated rings. The molecule has 1 aromatic carbocycles. The topological polar surface area (TPSA) is 66.5 Å². The van der Waals surface area contributed by atoms with E-state index in [-0.39, 0.29) is 11.3 Å². The van der Waals surface area contributed by atoms with Crippen molar-refractivity contribution in [2.24, 2.45) is 5.73 Å². The van der Waals surface area contributed by atoms with Crippen LogP contribution in [0.2, 0.25) is 0 Å². The Hall–Kier alpha value is -1.13. The van der Waals surface area contributed by atoms with E-state index in [0.29, 0.717) is 0 Å². The predicted molar refractivity (Wildman–Crippen MR) is 46.7 cm³/mol. The van der Waals surface area contributed by atoms with Crippen LogP contribution in [-0.2, 0) is 0 Å². The predicted octanol–water partition coefficient (Wildman–Crippen LogP) is 0.912. The van der Waals surface area contributed by atoms with Gasteiger partial charge < -0.3 is 15.9 Å². The third-order valence-electron chi connectivity index (χ3n) is 1.74. The Kier molecular flexibility index (Phi) is 2.85. The smallest absolute Gasteiger partial charge is 0.127 e. The first-order chi connectivity index (χ1) is 6.00. The normalized spacial score (nSPS) is 15.4. The summed E-state index contributed by atoms with van der Waals surface area (Å²) in [5, 5.41) is 18.5. The highest BCUT2D eigenvalue weighted by Gasteiger charge is 2.13. The van der Waals surface area contributed by atoms with Crippen molar-refractivity contribution in [1.82, 2.24) is 0 Å². The maximum atomic E-state index is 12.7. The molecule has 13 heavy (non-hydrogen) atoms. The average molecular weight is 185 g/mol. The van der Waals surface area contributed by atoms with Crippen LogP contribution in [0.15, 0.2) is 18.2 Å². The summed E-state index contributed by atoms with van der Waals surface area (Å²) >= 11 is 0. The van der Waals surface area contributed by atoms with E-state index in [4.69, 9.17) is 10.8 Å². The number of aromatic hydroxyl groups is 1. The minimum absolute atomic E-state index is 0.213. The van der Waals surface area contributed by atoms with Crippen LogP contribution >= 0.6 is 0 Å². The van der Waals surface area contributed by atoms with Gasteiger partial charge in [-0.25, -0.2) is 4.39 Å². The number of aliphatic hydroxyl groups is 1. The van der Waals surface area contributed by atoms with Crippen molar-refractivity contribution in [3.63, 3.8) is 0 Å². The summed E-state index contributed by atoms with van der Waals surface area (Å²) in [7, 11) is 0. The van der Waals surface area contributed by atoms with E-state index < -0.39 is 18.0 Å². The minimum atomic E-state index is -0.957. The van der Waals surface area contributed by atoms with Gasteiger partial charge in [0.2, 0.25) is 0 Å². The lowest BCUT2D eigenvalue weighted by molar-refractivity contribution is 0.152. The highest BCUT2D eigenvalue weighted by Crippen LogP contribution is 2.21. The Morgan fingerprint density at radius 1 is 1.38 bits per heavy atom. The summed E-state index contributed by atoms with van der Waals surface area (Å²) in [5.74, 6) is -0.801. The van der Waals surface area contributed by atoms with E-state index in [1.54, 1.807) is 6.92 Å². The number of phenolic OH excluding ortho intramolecular Hbond substituents is 1. The molecule has 0 radical (unpaired) electrons. The molecule has 0 aliphatic heterocycles. The van der Waals surface area contributed by atoms with Crippen LogP contribution in [0.1, 0.15) is 18.6 Å². The average Bonchev–Trinajstić information content (AvgIpc) is 2.01. The van der Waals surface area contributed by atoms with Crippen LogP contribution in [0.3, 0.4) is 0 Å². The third-order valence-corrected chi connectivity index (χ3v) is 1.74. The molecule has 72 valence electrons. The van der Waals surface area contributed by atoms with Crippen LogP contribution in [0, 0.1) is 5.82 Å². The maximum Gasteiger partial charge on any atom is 0.127 e. The fourth-order valence-electron chi connectivity index (χ4n) is 1.07. The van der Waals surface area contributed by atoms with E-state index in [1.807, 2.05) is 0 Å². The van der Waals surface area contributed by atoms with Crippen molar-refractivity contribution in [2.45, 2.75) is 19.1 Å². The Labute approximate surface area is 75.6 Å². The Morgan fingerprint density at radius 3 is 2.46 bits per heavy atom. The number of hydrogen-bond acceptors (Lipinski definition) is 3. The largest absolute Gasteiger partial charge is 0.508 e. The van der Waals surface area contributed by atoms with Gasteiger partial charge in [-0.05, 0) is 24.6 Å². The summed E-state index contributed by atoms with van der Waals surface area (Å²) in [5.41, 5.74) is 5.70. The molecule has 4 heteroatoms. The van der Waals surface area contributed by atoms with E-state index >= 15 is 0 Å². The molecule has 0 saturated carbocycles. The minimum Gasteiger partial charge on any atom is -0.508 e. The van der Waals surface area contributed by atoms with Crippen molar-refractivity contribution in [2.75, 3.05) is 0 Å². The second-order valence-electron chi connectivity index (χ2n) is 3.05. The van der Waals surface area contributed by atoms with Crippen LogP contribution in [0.5, 0.6) is 5.75 Å². The Bertz CT molecular complexity index is 281. The first kappa shape index (κ1) is 9.95. The second kappa shape index (κ2) is 3.72. The first-order valence-electron chi connectivity index (χ1n) is 3.94. The van der Waals surface area contributed by atoms with Gasteiger partial charge in [0, 0.05) is 12.1 Å². The monoisotopic (exact) mass is 185 g/mol. The van der Waals surface area contributed by atoms with Crippen molar-refractivity contribution >= 4 is 0 Å². The lowest BCUT2D eigenvalue weighted by Gasteiger charge is -2.14. The molecule has 0 aromatic heterocycles. The van der Waals surface area contributed by atoms with Gasteiger partial charge >= 0.3 is 0 Å². The van der Waals surface area contributed by atoms with Crippen molar-refractivity contribution in [3.05, 3.63) is 29.6 Å². The zero-order valence-corrected chi connectivity index (χ0v) is 7.24. The van der Waals surface area contributed by atoms with E-state index in [0.717, 1.165) is 12.1 Å². The van der Waals surface area contributed by atoms with Crippen LogP contribution in [-0.4, -0.2) is 16.3 Å². The van der Waals surface area contributed by atoms with E-state index in [9.17, 15) is 9.50 Å². The molecule has 0 aliphatic rings. The molecule has 1 rings (SSSR count). The second-order valence-corrected chi connectivity index (χ2v) is 3.05. The molecule has 1 aromatic rings. The van der Waals surface area contributed by atoms with Crippen LogP contribution in [0.25, 0.3) is 0 Å². The summed E-state index contributed by atoms with van der Waals surface area (Å²) in [6, 6.07) is 2.91. The fraction of sp³-hybridized carbons (Fsp3) is 0.333. The van der Waals surface area contributed by atoms with E-state index in [2.05, 4.69) is 0 Å². The number of aliphatic hydroxyl groups excluding tert-OH is 1. The highest BCUT2D eigenvalue weighted by atomic mass is 19.1. The SMILES string of the molecule is C[C@H](N)[C@@H](O)c1cc(O)cc(F)c1. The maximum absolute atomic E-state index is 12.7. The lowest BCUT2D eigenvalue weighted by Crippen LogP contribution is -2.24. The molecular weight excluding hydrogens is 173 g/mol. The molecule has 0 unspecified atom stereocenters. The standard InChI is InChI=1S/C9H12FNO2/c1-5(11)9(13)6-2-7(10)4-8(12)3-6/h2-5,9,12-13H,11H2,1H3/t5-,9+/m0/s1. The van der Waals surface area contributed by atoms with E-state index in [1.165, 1.54) is 6.07 Å². The number of phenols is 1. The molecule has 2 atom stereocenters. The van der Waals surface area contributed by atoms with Gasteiger partial charge in [0.1, 0.15) is 11.6 Å². The lowest BCUT2D eigenvalue weighted by atomic mass is 10.0. The molecule has 0 saturated heterocycles. The number of rotatable bonds is 2. The van der Waals surface area contributed by atoms with Crippen LogP contribution in [0.4, 0.5) is 4.39 Å². The van der Waals surface area contributed by atoms with Gasteiger partial charge in [-0.15, -0.1) is 0 Å². The summed E-state index contributed by atoms with van der Waals surface area (Å²) < 4.78 is 12.7. The summed E-state index contributed by atoms with van der Waals surface area (Å²) in [6.07, 6.45) is -0.957. The molecule has 0 aliphatic carbocycles. The molecule has 0 heterocycles. The highest BCUT2D eigenvalue weighted by molar-refractivity contribution is 5.30. The Morgan fingerprint density at radius 2 is 2.00 bits per heavy atom. The first-order valence-corrected chi connectivity index (χ1v) is 3.94. The number of halogens is 1. The quantitative estimate of drug-likeness (QED) is 0.641. The number of nitrogens with two attached hydrogens (primary N) is 1. The van der Waals surface area contributed by atoms with Crippen LogP contribution < -0.4 is 5.73 Å². The van der Waals surface area contributed by atoms with Gasteiger partial charge in [0.05, 0.1) is 6.10 Å². The zero-order valence-electron chi connectivity index (χ0n) is 7.24. The zero-order chi connectivity index (χ0) is 10.0. The van der Waals surface area contributed by atoms with Gasteiger partial charge in [-0.1, -0.05) is 0 Å². The molecule has 0 bridgehead atoms. The summed E-state index contributed by atoms with van der Waals surface area (Å²) in [6.45, 7) is 1.60. The van der Waals surface area contributed by atoms with Gasteiger partial charge in [0.25, 0.3) is 0 Å². The fourth-order valence-corrected chi connectivity index (χ4v) is 1.07. The van der Waals surface area contributed by atoms with Gasteiger partial charge in [-0.3, -0.25) is 0 Å². The molecule has 4 N–H and O–H groups in total. The number of hydrogen-bond donors (Lipinski definition) is 3. The molecule has 0 amide bonds. The van der Waals surface area contributed by atoms with Crippen molar-refractivity contribution < 1.29 is 14.6 Å². The van der Waals surface area contributed by atoms with Crippen molar-refractivity contribution in [1.29, 1.82) is 0 Å². The third kappa shape index (κ3) is 2.40. The number of benzene rings is 1.